The van der Waals surface area contributed by atoms with Gasteiger partial charge in [0.15, 0.2) is 0 Å². The zero-order valence-electron chi connectivity index (χ0n) is 11.5. The Labute approximate surface area is 131 Å². The third-order valence-electron chi connectivity index (χ3n) is 4.67. The summed E-state index contributed by atoms with van der Waals surface area (Å²) >= 11 is 14.5. The molecule has 1 aliphatic heterocycles. The molecule has 0 aromatic rings. The standard InChI is InChI=1S/C14H25Cl2NOS/c1-17-7-11(14(18)10-4-5-19-8-10)9-2-3-12(15)13(16)6-9/h9-14,17-18H,2-8H2,1H3/t9?,10?,11-,12?,13?,14-/m0/s1. The number of hydrogen-bond donors (Lipinski definition) is 2. The molecular weight excluding hydrogens is 301 g/mol. The highest BCUT2D eigenvalue weighted by atomic mass is 35.5. The van der Waals surface area contributed by atoms with Gasteiger partial charge >= 0.3 is 0 Å². The summed E-state index contributed by atoms with van der Waals surface area (Å²) in [6.07, 6.45) is 3.98. The van der Waals surface area contributed by atoms with Crippen LogP contribution in [0, 0.1) is 17.8 Å². The molecule has 0 amide bonds. The van der Waals surface area contributed by atoms with Crippen LogP contribution in [0.2, 0.25) is 0 Å². The highest BCUT2D eigenvalue weighted by Crippen LogP contribution is 2.39. The maximum atomic E-state index is 10.7. The van der Waals surface area contributed by atoms with Gasteiger partial charge in [0, 0.05) is 17.8 Å². The molecular formula is C14H25Cl2NOS. The first-order valence-corrected chi connectivity index (χ1v) is 9.34. The SMILES string of the molecule is CNC[C@@H](C1CCC(Cl)C(Cl)C1)[C@@H](O)C1CCSC1. The monoisotopic (exact) mass is 325 g/mol. The zero-order valence-corrected chi connectivity index (χ0v) is 13.9. The van der Waals surface area contributed by atoms with Gasteiger partial charge in [-0.3, -0.25) is 0 Å². The van der Waals surface area contributed by atoms with Crippen molar-refractivity contribution in [2.75, 3.05) is 25.1 Å². The van der Waals surface area contributed by atoms with Crippen molar-refractivity contribution in [3.8, 4) is 0 Å². The summed E-state index contributed by atoms with van der Waals surface area (Å²) < 4.78 is 0. The first-order valence-electron chi connectivity index (χ1n) is 7.32. The van der Waals surface area contributed by atoms with E-state index in [4.69, 9.17) is 23.2 Å². The second-order valence-corrected chi connectivity index (χ2v) is 8.21. The lowest BCUT2D eigenvalue weighted by molar-refractivity contribution is 0.0231. The average Bonchev–Trinajstić information content (AvgIpc) is 2.92. The van der Waals surface area contributed by atoms with Crippen molar-refractivity contribution in [3.05, 3.63) is 0 Å². The van der Waals surface area contributed by atoms with Crippen molar-refractivity contribution >= 4 is 35.0 Å². The minimum Gasteiger partial charge on any atom is -0.392 e. The number of thioether (sulfide) groups is 1. The predicted octanol–water partition coefficient (Wildman–Crippen LogP) is 2.95. The summed E-state index contributed by atoms with van der Waals surface area (Å²) in [6, 6.07) is 0. The van der Waals surface area contributed by atoms with Crippen LogP contribution < -0.4 is 5.32 Å². The Kier molecular flexibility index (Phi) is 6.61. The Morgan fingerprint density at radius 3 is 2.58 bits per heavy atom. The smallest absolute Gasteiger partial charge is 0.0619 e. The molecule has 6 atom stereocenters. The Hall–Kier alpha value is 0.850. The van der Waals surface area contributed by atoms with E-state index in [-0.39, 0.29) is 16.9 Å². The summed E-state index contributed by atoms with van der Waals surface area (Å²) in [5, 5.41) is 14.1. The molecule has 2 rings (SSSR count). The molecule has 2 N–H and O–H groups in total. The van der Waals surface area contributed by atoms with Crippen LogP contribution in [0.5, 0.6) is 0 Å². The number of alkyl halides is 2. The van der Waals surface area contributed by atoms with Crippen LogP contribution in [-0.4, -0.2) is 47.1 Å². The van der Waals surface area contributed by atoms with E-state index in [1.165, 1.54) is 5.75 Å². The van der Waals surface area contributed by atoms with Crippen LogP contribution in [0.25, 0.3) is 0 Å². The molecule has 19 heavy (non-hydrogen) atoms. The molecule has 1 saturated carbocycles. The lowest BCUT2D eigenvalue weighted by Crippen LogP contribution is -2.43. The average molecular weight is 326 g/mol. The predicted molar refractivity (Wildman–Crippen MR) is 85.5 cm³/mol. The molecule has 0 aromatic heterocycles. The largest absolute Gasteiger partial charge is 0.392 e. The maximum Gasteiger partial charge on any atom is 0.0619 e. The van der Waals surface area contributed by atoms with Gasteiger partial charge in [0.05, 0.1) is 11.5 Å². The van der Waals surface area contributed by atoms with Gasteiger partial charge in [-0.2, -0.15) is 11.8 Å². The van der Waals surface area contributed by atoms with Gasteiger partial charge in [0.25, 0.3) is 0 Å². The fourth-order valence-corrected chi connectivity index (χ4v) is 5.36. The first-order chi connectivity index (χ1) is 9.13. The minimum atomic E-state index is -0.191. The molecule has 0 aromatic carbocycles. The van der Waals surface area contributed by atoms with Crippen LogP contribution >= 0.6 is 35.0 Å². The molecule has 1 heterocycles. The highest BCUT2D eigenvalue weighted by Gasteiger charge is 2.38. The molecule has 2 fully saturated rings. The molecule has 2 nitrogen and oxygen atoms in total. The molecule has 1 aliphatic carbocycles. The fourth-order valence-electron chi connectivity index (χ4n) is 3.47. The first kappa shape index (κ1) is 16.2. The van der Waals surface area contributed by atoms with Gasteiger partial charge < -0.3 is 10.4 Å². The molecule has 0 bridgehead atoms. The van der Waals surface area contributed by atoms with Crippen LogP contribution in [0.4, 0.5) is 0 Å². The summed E-state index contributed by atoms with van der Waals surface area (Å²) in [6.45, 7) is 0.879. The van der Waals surface area contributed by atoms with Gasteiger partial charge in [0.1, 0.15) is 0 Å². The Balaban J connectivity index is 1.98. The summed E-state index contributed by atoms with van der Waals surface area (Å²) in [5.41, 5.74) is 0. The number of hydrogen-bond acceptors (Lipinski definition) is 3. The number of nitrogens with one attached hydrogen (secondary N) is 1. The molecule has 112 valence electrons. The van der Waals surface area contributed by atoms with E-state index in [1.54, 1.807) is 0 Å². The van der Waals surface area contributed by atoms with Gasteiger partial charge in [0.2, 0.25) is 0 Å². The highest BCUT2D eigenvalue weighted by molar-refractivity contribution is 7.99. The van der Waals surface area contributed by atoms with Gasteiger partial charge in [-0.15, -0.1) is 23.2 Å². The van der Waals surface area contributed by atoms with Crippen LogP contribution in [0.15, 0.2) is 0 Å². The Bertz CT molecular complexity index is 276. The Morgan fingerprint density at radius 1 is 1.21 bits per heavy atom. The minimum absolute atomic E-state index is 0.0601. The van der Waals surface area contributed by atoms with E-state index in [9.17, 15) is 5.11 Å². The van der Waals surface area contributed by atoms with Crippen LogP contribution in [-0.2, 0) is 0 Å². The van der Waals surface area contributed by atoms with E-state index in [2.05, 4.69) is 5.32 Å². The van der Waals surface area contributed by atoms with Gasteiger partial charge in [-0.25, -0.2) is 0 Å². The van der Waals surface area contributed by atoms with Crippen molar-refractivity contribution in [1.82, 2.24) is 5.32 Å². The molecule has 2 aliphatic rings. The lowest BCUT2D eigenvalue weighted by atomic mass is 9.74. The number of halogens is 2. The Morgan fingerprint density at radius 2 is 2.00 bits per heavy atom. The number of rotatable bonds is 5. The van der Waals surface area contributed by atoms with Crippen molar-refractivity contribution in [1.29, 1.82) is 0 Å². The molecule has 4 unspecified atom stereocenters. The van der Waals surface area contributed by atoms with E-state index in [1.807, 2.05) is 18.8 Å². The van der Waals surface area contributed by atoms with Gasteiger partial charge in [-0.05, 0) is 56.1 Å². The zero-order chi connectivity index (χ0) is 13.8. The second kappa shape index (κ2) is 7.74. The van der Waals surface area contributed by atoms with E-state index >= 15 is 0 Å². The van der Waals surface area contributed by atoms with Crippen molar-refractivity contribution in [2.45, 2.75) is 42.5 Å². The molecule has 0 spiro atoms. The van der Waals surface area contributed by atoms with Crippen molar-refractivity contribution in [3.63, 3.8) is 0 Å². The normalized spacial score (nSPS) is 39.2. The van der Waals surface area contributed by atoms with Crippen LogP contribution in [0.3, 0.4) is 0 Å². The third kappa shape index (κ3) is 4.16. The van der Waals surface area contributed by atoms with Crippen molar-refractivity contribution < 1.29 is 5.11 Å². The topological polar surface area (TPSA) is 32.3 Å². The van der Waals surface area contributed by atoms with E-state index < -0.39 is 0 Å². The van der Waals surface area contributed by atoms with Gasteiger partial charge in [-0.1, -0.05) is 0 Å². The number of aliphatic hydroxyl groups excluding tert-OH is 1. The fraction of sp³-hybridized carbons (Fsp3) is 1.00. The summed E-state index contributed by atoms with van der Waals surface area (Å²) in [7, 11) is 1.97. The maximum absolute atomic E-state index is 10.7. The second-order valence-electron chi connectivity index (χ2n) is 5.94. The van der Waals surface area contributed by atoms with E-state index in [0.29, 0.717) is 17.8 Å². The summed E-state index contributed by atoms with van der Waals surface area (Å²) in [5.74, 6) is 3.59. The lowest BCUT2D eigenvalue weighted by Gasteiger charge is -2.38. The quantitative estimate of drug-likeness (QED) is 0.762. The molecule has 0 radical (unpaired) electrons. The van der Waals surface area contributed by atoms with Crippen LogP contribution in [0.1, 0.15) is 25.7 Å². The molecule has 1 saturated heterocycles. The third-order valence-corrected chi connectivity index (χ3v) is 6.99. The van der Waals surface area contributed by atoms with Crippen molar-refractivity contribution in [2.24, 2.45) is 17.8 Å². The summed E-state index contributed by atoms with van der Waals surface area (Å²) in [4.78, 5) is 0. The number of aliphatic hydroxyl groups is 1. The molecule has 5 heteroatoms. The van der Waals surface area contributed by atoms with E-state index in [0.717, 1.165) is 38.0 Å².